The number of carbonyl (C=O) groups is 2. The molecule has 1 aromatic carbocycles. The number of piperidine rings is 1. The average Bonchev–Trinajstić information content (AvgIpc) is 2.91. The highest BCUT2D eigenvalue weighted by Crippen LogP contribution is 2.23. The molecule has 2 fully saturated rings. The van der Waals surface area contributed by atoms with Crippen LogP contribution in [-0.4, -0.2) is 83.5 Å². The highest BCUT2D eigenvalue weighted by atomic mass is 35.5. The molecule has 164 valence electrons. The molecule has 30 heavy (non-hydrogen) atoms. The maximum atomic E-state index is 12.6. The summed E-state index contributed by atoms with van der Waals surface area (Å²) < 4.78 is 0. The standard InChI is InChI=1S/C22H29Cl2N3O3/c23-19-6-4-17(14-20(19)24)5-7-21(29)26-11-8-22(30)27(13-12-26)16-18(28)15-25-9-2-1-3-10-25/h4-7,14,18,28H,1-3,8-13,15-16H2/b7-5+/t18-/m1/s1. The lowest BCUT2D eigenvalue weighted by Gasteiger charge is -2.30. The molecule has 0 saturated carbocycles. The lowest BCUT2D eigenvalue weighted by molar-refractivity contribution is -0.131. The minimum absolute atomic E-state index is 0.0172. The molecule has 0 spiro atoms. The Bertz CT molecular complexity index is 781. The van der Waals surface area contributed by atoms with Gasteiger partial charge in [-0.2, -0.15) is 0 Å². The van der Waals surface area contributed by atoms with Crippen molar-refractivity contribution in [1.29, 1.82) is 0 Å². The molecular weight excluding hydrogens is 425 g/mol. The van der Waals surface area contributed by atoms with Crippen molar-refractivity contribution < 1.29 is 14.7 Å². The Kier molecular flexibility index (Phi) is 8.57. The van der Waals surface area contributed by atoms with Gasteiger partial charge in [-0.25, -0.2) is 0 Å². The fourth-order valence-electron chi connectivity index (χ4n) is 3.92. The van der Waals surface area contributed by atoms with E-state index in [1.165, 1.54) is 25.3 Å². The Morgan fingerprint density at radius 2 is 1.80 bits per heavy atom. The summed E-state index contributed by atoms with van der Waals surface area (Å²) in [4.78, 5) is 30.7. The maximum Gasteiger partial charge on any atom is 0.246 e. The predicted octanol–water partition coefficient (Wildman–Crippen LogP) is 2.91. The minimum Gasteiger partial charge on any atom is -0.390 e. The quantitative estimate of drug-likeness (QED) is 0.672. The molecule has 0 unspecified atom stereocenters. The van der Waals surface area contributed by atoms with Crippen LogP contribution in [0.3, 0.4) is 0 Å². The van der Waals surface area contributed by atoms with Gasteiger partial charge in [0, 0.05) is 45.2 Å². The Labute approximate surface area is 188 Å². The molecule has 2 heterocycles. The molecule has 1 atom stereocenters. The topological polar surface area (TPSA) is 64.1 Å². The van der Waals surface area contributed by atoms with Crippen molar-refractivity contribution in [2.75, 3.05) is 45.8 Å². The number of hydrogen-bond donors (Lipinski definition) is 1. The number of aliphatic hydroxyl groups excluding tert-OH is 1. The summed E-state index contributed by atoms with van der Waals surface area (Å²) in [5.41, 5.74) is 0.783. The summed E-state index contributed by atoms with van der Waals surface area (Å²) in [6.07, 6.45) is 6.47. The third-order valence-corrected chi connectivity index (χ3v) is 6.35. The van der Waals surface area contributed by atoms with E-state index >= 15 is 0 Å². The van der Waals surface area contributed by atoms with E-state index in [1.807, 2.05) is 0 Å². The molecule has 1 N–H and O–H groups in total. The van der Waals surface area contributed by atoms with Crippen LogP contribution < -0.4 is 0 Å². The van der Waals surface area contributed by atoms with Crippen molar-refractivity contribution in [2.45, 2.75) is 31.8 Å². The number of halogens is 2. The second kappa shape index (κ2) is 11.1. The van der Waals surface area contributed by atoms with Crippen molar-refractivity contribution >= 4 is 41.1 Å². The molecule has 6 nitrogen and oxygen atoms in total. The fraction of sp³-hybridized carbons (Fsp3) is 0.545. The summed E-state index contributed by atoms with van der Waals surface area (Å²) in [5, 5.41) is 11.3. The normalized spacial score (nSPS) is 19.9. The maximum absolute atomic E-state index is 12.6. The summed E-state index contributed by atoms with van der Waals surface area (Å²) in [6, 6.07) is 5.17. The number of likely N-dealkylation sites (tertiary alicyclic amines) is 1. The van der Waals surface area contributed by atoms with Gasteiger partial charge in [0.05, 0.1) is 16.1 Å². The van der Waals surface area contributed by atoms with Gasteiger partial charge in [-0.1, -0.05) is 35.7 Å². The molecule has 3 rings (SSSR count). The lowest BCUT2D eigenvalue weighted by atomic mass is 10.1. The van der Waals surface area contributed by atoms with E-state index in [4.69, 9.17) is 23.2 Å². The third-order valence-electron chi connectivity index (χ3n) is 5.61. The zero-order valence-electron chi connectivity index (χ0n) is 17.1. The van der Waals surface area contributed by atoms with E-state index in [1.54, 1.807) is 34.1 Å². The smallest absolute Gasteiger partial charge is 0.246 e. The van der Waals surface area contributed by atoms with Gasteiger partial charge in [0.15, 0.2) is 0 Å². The van der Waals surface area contributed by atoms with Gasteiger partial charge in [0.2, 0.25) is 11.8 Å². The van der Waals surface area contributed by atoms with E-state index in [0.717, 1.165) is 18.7 Å². The summed E-state index contributed by atoms with van der Waals surface area (Å²) in [7, 11) is 0. The van der Waals surface area contributed by atoms with Gasteiger partial charge < -0.3 is 19.8 Å². The van der Waals surface area contributed by atoms with E-state index in [2.05, 4.69) is 4.90 Å². The average molecular weight is 454 g/mol. The van der Waals surface area contributed by atoms with E-state index < -0.39 is 6.10 Å². The second-order valence-corrected chi connectivity index (χ2v) is 8.75. The summed E-state index contributed by atoms with van der Waals surface area (Å²) in [6.45, 7) is 4.20. The van der Waals surface area contributed by atoms with Crippen LogP contribution in [0.15, 0.2) is 24.3 Å². The van der Waals surface area contributed by atoms with Crippen LogP contribution in [0.5, 0.6) is 0 Å². The summed E-state index contributed by atoms with van der Waals surface area (Å²) in [5.74, 6) is -0.166. The minimum atomic E-state index is -0.566. The number of β-amino-alcohol motifs (C(OH)–C–C–N with tert-alkyl or cyclic N) is 1. The van der Waals surface area contributed by atoms with Gasteiger partial charge in [-0.15, -0.1) is 0 Å². The molecule has 8 heteroatoms. The molecule has 2 aliphatic heterocycles. The molecule has 2 amide bonds. The molecule has 0 bridgehead atoms. The molecule has 1 aromatic rings. The number of carbonyl (C=O) groups excluding carboxylic acids is 2. The number of hydrogen-bond acceptors (Lipinski definition) is 4. The Morgan fingerprint density at radius 1 is 1.03 bits per heavy atom. The van der Waals surface area contributed by atoms with Crippen molar-refractivity contribution in [3.05, 3.63) is 39.9 Å². The van der Waals surface area contributed by atoms with Crippen LogP contribution in [0.1, 0.15) is 31.2 Å². The number of amides is 2. The molecule has 0 aliphatic carbocycles. The summed E-state index contributed by atoms with van der Waals surface area (Å²) >= 11 is 11.9. The van der Waals surface area contributed by atoms with Crippen molar-refractivity contribution in [2.24, 2.45) is 0 Å². The molecule has 0 aromatic heterocycles. The van der Waals surface area contributed by atoms with Crippen LogP contribution in [-0.2, 0) is 9.59 Å². The van der Waals surface area contributed by atoms with E-state index in [9.17, 15) is 14.7 Å². The lowest BCUT2D eigenvalue weighted by Crippen LogP contribution is -2.44. The first-order valence-corrected chi connectivity index (χ1v) is 11.3. The van der Waals surface area contributed by atoms with Crippen LogP contribution in [0, 0.1) is 0 Å². The SMILES string of the molecule is O=C(/C=C/c1ccc(Cl)c(Cl)c1)N1CCC(=O)N(C[C@H](O)CN2CCCCC2)CC1. The van der Waals surface area contributed by atoms with Gasteiger partial charge in [-0.3, -0.25) is 9.59 Å². The molecule has 2 aliphatic rings. The zero-order valence-corrected chi connectivity index (χ0v) is 18.6. The van der Waals surface area contributed by atoms with Crippen LogP contribution in [0.2, 0.25) is 10.0 Å². The number of aliphatic hydroxyl groups is 1. The number of rotatable bonds is 6. The third kappa shape index (κ3) is 6.71. The van der Waals surface area contributed by atoms with Gasteiger partial charge in [-0.05, 0) is 49.7 Å². The first kappa shape index (κ1) is 23.1. The van der Waals surface area contributed by atoms with E-state index in [-0.39, 0.29) is 18.2 Å². The highest BCUT2D eigenvalue weighted by molar-refractivity contribution is 6.42. The van der Waals surface area contributed by atoms with Crippen LogP contribution >= 0.6 is 23.2 Å². The number of benzene rings is 1. The predicted molar refractivity (Wildman–Crippen MR) is 120 cm³/mol. The molecule has 0 radical (unpaired) electrons. The van der Waals surface area contributed by atoms with Crippen molar-refractivity contribution in [3.8, 4) is 0 Å². The zero-order chi connectivity index (χ0) is 21.5. The number of nitrogens with zero attached hydrogens (tertiary/aromatic N) is 3. The Morgan fingerprint density at radius 3 is 2.53 bits per heavy atom. The van der Waals surface area contributed by atoms with Crippen LogP contribution in [0.4, 0.5) is 0 Å². The first-order valence-electron chi connectivity index (χ1n) is 10.5. The van der Waals surface area contributed by atoms with Crippen molar-refractivity contribution in [1.82, 2.24) is 14.7 Å². The van der Waals surface area contributed by atoms with Gasteiger partial charge >= 0.3 is 0 Å². The second-order valence-electron chi connectivity index (χ2n) is 7.94. The monoisotopic (exact) mass is 453 g/mol. The Balaban J connectivity index is 1.50. The highest BCUT2D eigenvalue weighted by Gasteiger charge is 2.25. The largest absolute Gasteiger partial charge is 0.390 e. The van der Waals surface area contributed by atoms with E-state index in [0.29, 0.717) is 42.8 Å². The molecular formula is C22H29Cl2N3O3. The first-order chi connectivity index (χ1) is 14.4. The van der Waals surface area contributed by atoms with Crippen molar-refractivity contribution in [3.63, 3.8) is 0 Å². The molecule has 2 saturated heterocycles. The fourth-order valence-corrected chi connectivity index (χ4v) is 4.23. The Hall–Kier alpha value is -1.60. The van der Waals surface area contributed by atoms with Crippen LogP contribution in [0.25, 0.3) is 6.08 Å². The van der Waals surface area contributed by atoms with Gasteiger partial charge in [0.1, 0.15) is 0 Å². The van der Waals surface area contributed by atoms with Gasteiger partial charge in [0.25, 0.3) is 0 Å².